The number of nitrogens with zero attached hydrogens (tertiary/aromatic N) is 2. The zero-order valence-electron chi connectivity index (χ0n) is 11.7. The zero-order chi connectivity index (χ0) is 14.0. The van der Waals surface area contributed by atoms with E-state index in [4.69, 9.17) is 0 Å². The minimum atomic E-state index is -3.46. The van der Waals surface area contributed by atoms with E-state index in [-0.39, 0.29) is 5.03 Å². The molecule has 6 nitrogen and oxygen atoms in total. The minimum absolute atomic E-state index is 0.181. The van der Waals surface area contributed by atoms with Crippen LogP contribution in [0.25, 0.3) is 0 Å². The van der Waals surface area contributed by atoms with Gasteiger partial charge in [-0.2, -0.15) is 9.40 Å². The van der Waals surface area contributed by atoms with Crippen molar-refractivity contribution in [2.45, 2.75) is 38.8 Å². The summed E-state index contributed by atoms with van der Waals surface area (Å²) in [5.41, 5.74) is 1.56. The lowest BCUT2D eigenvalue weighted by Gasteiger charge is -2.15. The van der Waals surface area contributed by atoms with Gasteiger partial charge in [0, 0.05) is 30.9 Å². The number of rotatable bonds is 5. The zero-order valence-corrected chi connectivity index (χ0v) is 12.5. The predicted molar refractivity (Wildman–Crippen MR) is 73.2 cm³/mol. The highest BCUT2D eigenvalue weighted by molar-refractivity contribution is 7.89. The SMILES string of the molecule is CCNCc1c(S(=O)(=O)N2CCC(C)C2)n[nH]c1C. The van der Waals surface area contributed by atoms with E-state index in [0.717, 1.165) is 24.2 Å². The molecule has 1 unspecified atom stereocenters. The molecule has 1 fully saturated rings. The molecule has 1 atom stereocenters. The quantitative estimate of drug-likeness (QED) is 0.841. The summed E-state index contributed by atoms with van der Waals surface area (Å²) in [6, 6.07) is 0. The van der Waals surface area contributed by atoms with Gasteiger partial charge in [0.2, 0.25) is 0 Å². The molecule has 0 amide bonds. The van der Waals surface area contributed by atoms with Crippen molar-refractivity contribution in [3.8, 4) is 0 Å². The van der Waals surface area contributed by atoms with Gasteiger partial charge in [-0.25, -0.2) is 8.42 Å². The Hall–Kier alpha value is -0.920. The highest BCUT2D eigenvalue weighted by Crippen LogP contribution is 2.25. The third kappa shape index (κ3) is 2.82. The number of hydrogen-bond donors (Lipinski definition) is 2. The van der Waals surface area contributed by atoms with E-state index in [9.17, 15) is 8.42 Å². The van der Waals surface area contributed by atoms with Crippen LogP contribution in [0, 0.1) is 12.8 Å². The summed E-state index contributed by atoms with van der Waals surface area (Å²) < 4.78 is 26.7. The molecule has 1 aromatic heterocycles. The lowest BCUT2D eigenvalue weighted by atomic mass is 10.2. The highest BCUT2D eigenvalue weighted by atomic mass is 32.2. The third-order valence-corrected chi connectivity index (χ3v) is 5.40. The van der Waals surface area contributed by atoms with E-state index in [1.165, 1.54) is 0 Å². The van der Waals surface area contributed by atoms with Crippen molar-refractivity contribution in [2.75, 3.05) is 19.6 Å². The molecule has 7 heteroatoms. The lowest BCUT2D eigenvalue weighted by Crippen LogP contribution is -2.30. The molecular weight excluding hydrogens is 264 g/mol. The van der Waals surface area contributed by atoms with Crippen LogP contribution in [0.3, 0.4) is 0 Å². The van der Waals surface area contributed by atoms with Crippen LogP contribution in [0.1, 0.15) is 31.5 Å². The highest BCUT2D eigenvalue weighted by Gasteiger charge is 2.34. The molecule has 0 aliphatic carbocycles. The largest absolute Gasteiger partial charge is 0.313 e. The fourth-order valence-electron chi connectivity index (χ4n) is 2.34. The van der Waals surface area contributed by atoms with E-state index in [2.05, 4.69) is 22.4 Å². The molecule has 2 N–H and O–H groups in total. The molecule has 2 heterocycles. The van der Waals surface area contributed by atoms with Crippen LogP contribution in [-0.4, -0.2) is 42.6 Å². The minimum Gasteiger partial charge on any atom is -0.313 e. The van der Waals surface area contributed by atoms with Crippen molar-refractivity contribution in [1.82, 2.24) is 19.8 Å². The fraction of sp³-hybridized carbons (Fsp3) is 0.750. The second-order valence-electron chi connectivity index (χ2n) is 5.17. The first-order valence-corrected chi connectivity index (χ1v) is 8.15. The van der Waals surface area contributed by atoms with Crippen LogP contribution >= 0.6 is 0 Å². The van der Waals surface area contributed by atoms with Crippen molar-refractivity contribution in [3.63, 3.8) is 0 Å². The summed E-state index contributed by atoms with van der Waals surface area (Å²) >= 11 is 0. The second kappa shape index (κ2) is 5.60. The molecule has 108 valence electrons. The van der Waals surface area contributed by atoms with Crippen molar-refractivity contribution in [1.29, 1.82) is 0 Å². The number of nitrogens with one attached hydrogen (secondary N) is 2. The molecule has 0 aromatic carbocycles. The van der Waals surface area contributed by atoms with Gasteiger partial charge in [-0.15, -0.1) is 0 Å². The van der Waals surface area contributed by atoms with Crippen molar-refractivity contribution in [3.05, 3.63) is 11.3 Å². The molecule has 0 spiro atoms. The molecular formula is C12H22N4O2S. The van der Waals surface area contributed by atoms with E-state index < -0.39 is 10.0 Å². The standard InChI is InChI=1S/C12H22N4O2S/c1-4-13-7-11-10(3)14-15-12(11)19(17,18)16-6-5-9(2)8-16/h9,13H,4-8H2,1-3H3,(H,14,15). The molecule has 0 saturated carbocycles. The van der Waals surface area contributed by atoms with Crippen LogP contribution < -0.4 is 5.32 Å². The van der Waals surface area contributed by atoms with Gasteiger partial charge in [-0.3, -0.25) is 5.10 Å². The Morgan fingerprint density at radius 1 is 1.53 bits per heavy atom. The maximum absolute atomic E-state index is 12.6. The lowest BCUT2D eigenvalue weighted by molar-refractivity contribution is 0.460. The molecule has 2 rings (SSSR count). The fourth-order valence-corrected chi connectivity index (χ4v) is 4.08. The van der Waals surface area contributed by atoms with E-state index in [1.54, 1.807) is 4.31 Å². The molecule has 1 aliphatic heterocycles. The molecule has 0 radical (unpaired) electrons. The average Bonchev–Trinajstić information content (AvgIpc) is 2.94. The van der Waals surface area contributed by atoms with E-state index in [1.807, 2.05) is 13.8 Å². The number of aryl methyl sites for hydroxylation is 1. The number of aromatic amines is 1. The Bertz CT molecular complexity index is 538. The van der Waals surface area contributed by atoms with Crippen LogP contribution in [0.2, 0.25) is 0 Å². The van der Waals surface area contributed by atoms with Crippen molar-refractivity contribution < 1.29 is 8.42 Å². The summed E-state index contributed by atoms with van der Waals surface area (Å²) in [7, 11) is -3.46. The normalized spacial score (nSPS) is 21.1. The topological polar surface area (TPSA) is 78.1 Å². The molecule has 1 aromatic rings. The maximum atomic E-state index is 12.6. The summed E-state index contributed by atoms with van der Waals surface area (Å²) in [5.74, 6) is 0.423. The third-order valence-electron chi connectivity index (χ3n) is 3.56. The molecule has 0 bridgehead atoms. The van der Waals surface area contributed by atoms with Gasteiger partial charge < -0.3 is 5.32 Å². The number of sulfonamides is 1. The Balaban J connectivity index is 2.30. The van der Waals surface area contributed by atoms with Crippen LogP contribution in [0.15, 0.2) is 5.03 Å². The molecule has 1 saturated heterocycles. The van der Waals surface area contributed by atoms with Gasteiger partial charge >= 0.3 is 0 Å². The first-order valence-electron chi connectivity index (χ1n) is 6.71. The maximum Gasteiger partial charge on any atom is 0.262 e. The summed E-state index contributed by atoms with van der Waals surface area (Å²) in [6.45, 7) is 8.43. The number of hydrogen-bond acceptors (Lipinski definition) is 4. The van der Waals surface area contributed by atoms with Crippen molar-refractivity contribution >= 4 is 10.0 Å². The first-order chi connectivity index (χ1) is 8.96. The van der Waals surface area contributed by atoms with Gasteiger partial charge in [-0.05, 0) is 25.8 Å². The number of H-pyrrole nitrogens is 1. The molecule has 1 aliphatic rings. The van der Waals surface area contributed by atoms with Gasteiger partial charge in [0.15, 0.2) is 5.03 Å². The van der Waals surface area contributed by atoms with Gasteiger partial charge in [0.1, 0.15) is 0 Å². The van der Waals surface area contributed by atoms with Crippen molar-refractivity contribution in [2.24, 2.45) is 5.92 Å². The summed E-state index contributed by atoms with van der Waals surface area (Å²) in [6.07, 6.45) is 0.922. The Morgan fingerprint density at radius 3 is 2.84 bits per heavy atom. The van der Waals surface area contributed by atoms with Gasteiger partial charge in [-0.1, -0.05) is 13.8 Å². The Labute approximate surface area is 114 Å². The van der Waals surface area contributed by atoms with Crippen LogP contribution in [-0.2, 0) is 16.6 Å². The Kier molecular flexibility index (Phi) is 4.27. The average molecular weight is 286 g/mol. The predicted octanol–water partition coefficient (Wildman–Crippen LogP) is 0.858. The van der Waals surface area contributed by atoms with E-state index in [0.29, 0.717) is 25.6 Å². The smallest absolute Gasteiger partial charge is 0.262 e. The second-order valence-corrected chi connectivity index (χ2v) is 7.02. The van der Waals surface area contributed by atoms with E-state index >= 15 is 0 Å². The number of aromatic nitrogens is 2. The Morgan fingerprint density at radius 2 is 2.26 bits per heavy atom. The summed E-state index contributed by atoms with van der Waals surface area (Å²) in [4.78, 5) is 0. The first kappa shape index (κ1) is 14.5. The molecule has 19 heavy (non-hydrogen) atoms. The van der Waals surface area contributed by atoms with Crippen LogP contribution in [0.4, 0.5) is 0 Å². The summed E-state index contributed by atoms with van der Waals surface area (Å²) in [5, 5.41) is 10.1. The van der Waals surface area contributed by atoms with Gasteiger partial charge in [0.05, 0.1) is 0 Å². The van der Waals surface area contributed by atoms with Gasteiger partial charge in [0.25, 0.3) is 10.0 Å². The van der Waals surface area contributed by atoms with Crippen LogP contribution in [0.5, 0.6) is 0 Å². The monoisotopic (exact) mass is 286 g/mol.